The number of benzene rings is 2. The Morgan fingerprint density at radius 2 is 1.73 bits per heavy atom. The van der Waals surface area contributed by atoms with Gasteiger partial charge in [-0.05, 0) is 60.3 Å². The summed E-state index contributed by atoms with van der Waals surface area (Å²) in [6, 6.07) is 5.78. The standard InChI is InChI=1S/C28H22Cl3F5N4O4S/c1-2-38-7-4-8-40(26(38)44)17-9-13-11-39(12-14(13)21(22(17)41)28(34,35)36)25(43)20-18(10-19(27(31,32)33)37-24(20)42)45-23-15(29)5-3-6-16(23)30/h3,5-6,9-10,41H,2,4,7-8,11-12H2,1H3,(H,37,42). The zero-order valence-corrected chi connectivity index (χ0v) is 26.2. The van der Waals surface area contributed by atoms with E-state index in [0.29, 0.717) is 31.3 Å². The molecule has 240 valence electrons. The molecule has 45 heavy (non-hydrogen) atoms. The average Bonchev–Trinajstić information content (AvgIpc) is 3.36. The minimum atomic E-state index is -5.08. The Kier molecular flexibility index (Phi) is 8.99. The fourth-order valence-electron chi connectivity index (χ4n) is 5.30. The van der Waals surface area contributed by atoms with Crippen molar-refractivity contribution in [1.82, 2.24) is 14.8 Å². The molecule has 3 amide bonds. The lowest BCUT2D eigenvalue weighted by molar-refractivity contribution is -0.139. The number of pyridine rings is 1. The number of halogens is 8. The third kappa shape index (κ3) is 6.29. The molecule has 0 spiro atoms. The van der Waals surface area contributed by atoms with Crippen LogP contribution in [0.25, 0.3) is 0 Å². The van der Waals surface area contributed by atoms with E-state index in [9.17, 15) is 41.4 Å². The van der Waals surface area contributed by atoms with E-state index >= 15 is 0 Å². The highest BCUT2D eigenvalue weighted by molar-refractivity contribution is 7.99. The van der Waals surface area contributed by atoms with Crippen molar-refractivity contribution in [3.8, 4) is 5.75 Å². The van der Waals surface area contributed by atoms with Crippen LogP contribution in [-0.4, -0.2) is 51.5 Å². The number of hydrogen-bond acceptors (Lipinski definition) is 5. The van der Waals surface area contributed by atoms with Crippen LogP contribution < -0.4 is 10.5 Å². The summed E-state index contributed by atoms with van der Waals surface area (Å²) in [5.41, 5.74) is -5.23. The van der Waals surface area contributed by atoms with Gasteiger partial charge in [-0.3, -0.25) is 14.5 Å². The van der Waals surface area contributed by atoms with Gasteiger partial charge in [0.25, 0.3) is 11.5 Å². The molecule has 5 rings (SSSR count). The Labute approximate surface area is 271 Å². The van der Waals surface area contributed by atoms with Crippen LogP contribution in [0.1, 0.15) is 46.1 Å². The number of phenolic OH excluding ortho intramolecular Hbond substituents is 1. The van der Waals surface area contributed by atoms with E-state index in [1.807, 2.05) is 4.98 Å². The smallest absolute Gasteiger partial charge is 0.420 e. The van der Waals surface area contributed by atoms with Crippen molar-refractivity contribution in [1.29, 1.82) is 0 Å². The number of H-pyrrole nitrogens is 1. The van der Waals surface area contributed by atoms with Gasteiger partial charge < -0.3 is 19.9 Å². The van der Waals surface area contributed by atoms with E-state index in [0.717, 1.165) is 15.9 Å². The second kappa shape index (κ2) is 12.2. The van der Waals surface area contributed by atoms with Gasteiger partial charge in [-0.2, -0.15) is 22.0 Å². The molecule has 3 aromatic rings. The third-order valence-electron chi connectivity index (χ3n) is 7.39. The van der Waals surface area contributed by atoms with E-state index in [4.69, 9.17) is 34.8 Å². The lowest BCUT2D eigenvalue weighted by Crippen LogP contribution is -2.49. The van der Waals surface area contributed by atoms with Crippen LogP contribution in [0, 0.1) is 0 Å². The molecule has 2 N–H and O–H groups in total. The summed E-state index contributed by atoms with van der Waals surface area (Å²) in [5.74, 6) is -2.26. The molecule has 17 heteroatoms. The molecule has 0 bridgehead atoms. The maximum atomic E-state index is 14.4. The molecule has 2 aliphatic heterocycles. The number of alkyl halides is 6. The Morgan fingerprint density at radius 1 is 1.07 bits per heavy atom. The van der Waals surface area contributed by atoms with Crippen molar-refractivity contribution in [2.75, 3.05) is 24.5 Å². The number of phenols is 1. The number of urea groups is 1. The Balaban J connectivity index is 1.59. The van der Waals surface area contributed by atoms with Crippen molar-refractivity contribution in [3.63, 3.8) is 0 Å². The summed E-state index contributed by atoms with van der Waals surface area (Å²) in [7, 11) is 0. The lowest BCUT2D eigenvalue weighted by Gasteiger charge is -2.35. The molecule has 0 saturated carbocycles. The number of rotatable bonds is 6. The SMILES string of the molecule is CCN1CCCN(c2cc3c(c(C(F)(F)F)c2O)CN(C(=O)c2c(Sc4c(Cl)cccc4Cl)cc(C(F)(F)Cl)[nH]c2=O)C3)C1=O. The predicted molar refractivity (Wildman–Crippen MR) is 159 cm³/mol. The normalized spacial score (nSPS) is 15.6. The highest BCUT2D eigenvalue weighted by Gasteiger charge is 2.44. The van der Waals surface area contributed by atoms with Crippen molar-refractivity contribution in [2.24, 2.45) is 0 Å². The first-order valence-electron chi connectivity index (χ1n) is 13.3. The van der Waals surface area contributed by atoms with Gasteiger partial charge in [0.1, 0.15) is 16.8 Å². The van der Waals surface area contributed by atoms with Crippen molar-refractivity contribution in [3.05, 3.63) is 78.7 Å². The van der Waals surface area contributed by atoms with Gasteiger partial charge in [-0.15, -0.1) is 0 Å². The topological polar surface area (TPSA) is 96.9 Å². The number of amides is 3. The predicted octanol–water partition coefficient (Wildman–Crippen LogP) is 7.65. The monoisotopic (exact) mass is 710 g/mol. The minimum Gasteiger partial charge on any atom is -0.505 e. The van der Waals surface area contributed by atoms with Crippen LogP contribution >= 0.6 is 46.6 Å². The number of aromatic nitrogens is 1. The van der Waals surface area contributed by atoms with E-state index in [-0.39, 0.29) is 37.6 Å². The molecule has 3 heterocycles. The van der Waals surface area contributed by atoms with Gasteiger partial charge in [0.15, 0.2) is 5.75 Å². The van der Waals surface area contributed by atoms with Gasteiger partial charge in [-0.1, -0.05) is 41.0 Å². The van der Waals surface area contributed by atoms with Gasteiger partial charge >= 0.3 is 17.6 Å². The first kappa shape index (κ1) is 33.2. The summed E-state index contributed by atoms with van der Waals surface area (Å²) in [6.07, 6.45) is -4.64. The molecule has 2 aliphatic rings. The largest absolute Gasteiger partial charge is 0.505 e. The Hall–Kier alpha value is -3.20. The number of aromatic amines is 1. The number of nitrogens with one attached hydrogen (secondary N) is 1. The van der Waals surface area contributed by atoms with Crippen LogP contribution in [0.3, 0.4) is 0 Å². The van der Waals surface area contributed by atoms with Crippen LogP contribution in [-0.2, 0) is 24.6 Å². The molecule has 8 nitrogen and oxygen atoms in total. The van der Waals surface area contributed by atoms with Gasteiger partial charge in [0.05, 0.1) is 15.7 Å². The number of carbonyl (C=O) groups excluding carboxylic acids is 2. The Bertz CT molecular complexity index is 1750. The number of nitrogens with zero attached hydrogens (tertiary/aromatic N) is 3. The van der Waals surface area contributed by atoms with E-state index in [2.05, 4.69) is 0 Å². The van der Waals surface area contributed by atoms with Crippen LogP contribution in [0.2, 0.25) is 10.0 Å². The Morgan fingerprint density at radius 3 is 2.33 bits per heavy atom. The quantitative estimate of drug-likeness (QED) is 0.202. The molecule has 1 aromatic heterocycles. The van der Waals surface area contributed by atoms with Gasteiger partial charge in [0.2, 0.25) is 0 Å². The fourth-order valence-corrected chi connectivity index (χ4v) is 7.04. The molecule has 1 fully saturated rings. The average molecular weight is 712 g/mol. The van der Waals surface area contributed by atoms with Crippen molar-refractivity contribution >= 4 is 64.2 Å². The highest BCUT2D eigenvalue weighted by atomic mass is 35.5. The maximum Gasteiger partial charge on any atom is 0.420 e. The molecular weight excluding hydrogens is 690 g/mol. The van der Waals surface area contributed by atoms with Gasteiger partial charge in [-0.25, -0.2) is 4.79 Å². The fraction of sp³-hybridized carbons (Fsp3) is 0.321. The molecule has 1 saturated heterocycles. The third-order valence-corrected chi connectivity index (χ3v) is 9.64. The van der Waals surface area contributed by atoms with E-state index in [1.54, 1.807) is 6.92 Å². The molecule has 0 radical (unpaired) electrons. The van der Waals surface area contributed by atoms with Gasteiger partial charge in [0, 0.05) is 42.5 Å². The summed E-state index contributed by atoms with van der Waals surface area (Å²) < 4.78 is 71.3. The number of aromatic hydroxyl groups is 1. The number of fused-ring (bicyclic) bond motifs is 1. The molecule has 0 unspecified atom stereocenters. The van der Waals surface area contributed by atoms with Crippen LogP contribution in [0.15, 0.2) is 44.9 Å². The van der Waals surface area contributed by atoms with Crippen molar-refractivity contribution < 1.29 is 36.6 Å². The summed E-state index contributed by atoms with van der Waals surface area (Å²) in [6.45, 7) is 1.33. The summed E-state index contributed by atoms with van der Waals surface area (Å²) >= 11 is 18.2. The highest BCUT2D eigenvalue weighted by Crippen LogP contribution is 2.48. The number of hydrogen-bond donors (Lipinski definition) is 2. The first-order chi connectivity index (χ1) is 21.0. The number of anilines is 1. The molecule has 0 aliphatic carbocycles. The molecular formula is C28H22Cl3F5N4O4S. The zero-order chi connectivity index (χ0) is 33.0. The second-order valence-corrected chi connectivity index (χ2v) is 12.5. The van der Waals surface area contributed by atoms with Crippen LogP contribution in [0.5, 0.6) is 5.75 Å². The summed E-state index contributed by atoms with van der Waals surface area (Å²) in [4.78, 5) is 45.0. The molecule has 0 atom stereocenters. The lowest BCUT2D eigenvalue weighted by atomic mass is 9.99. The first-order valence-corrected chi connectivity index (χ1v) is 15.2. The van der Waals surface area contributed by atoms with E-state index in [1.165, 1.54) is 29.2 Å². The molecule has 2 aromatic carbocycles. The maximum absolute atomic E-state index is 14.4. The van der Waals surface area contributed by atoms with Crippen LogP contribution in [0.4, 0.5) is 32.4 Å². The van der Waals surface area contributed by atoms with E-state index < -0.39 is 70.3 Å². The number of carbonyl (C=O) groups is 2. The summed E-state index contributed by atoms with van der Waals surface area (Å²) in [5, 5.41) is 6.97. The van der Waals surface area contributed by atoms with Crippen molar-refractivity contribution in [2.45, 2.75) is 47.8 Å². The second-order valence-electron chi connectivity index (χ2n) is 10.2. The minimum absolute atomic E-state index is 0.0198. The zero-order valence-electron chi connectivity index (χ0n) is 23.1.